The highest BCUT2D eigenvalue weighted by atomic mass is 16.3. The van der Waals surface area contributed by atoms with E-state index < -0.39 is 0 Å². The van der Waals surface area contributed by atoms with Crippen LogP contribution in [0.15, 0.2) is 42.7 Å². The van der Waals surface area contributed by atoms with Gasteiger partial charge < -0.3 is 5.11 Å². The van der Waals surface area contributed by atoms with E-state index in [0.29, 0.717) is 5.75 Å². The molecule has 1 aliphatic rings. The smallest absolute Gasteiger partial charge is 0.145 e. The van der Waals surface area contributed by atoms with Crippen LogP contribution in [0.5, 0.6) is 5.75 Å². The molecule has 1 saturated heterocycles. The van der Waals surface area contributed by atoms with Crippen LogP contribution < -0.4 is 0 Å². The Hall–Kier alpha value is -1.98. The van der Waals surface area contributed by atoms with Gasteiger partial charge in [-0.1, -0.05) is 12.1 Å². The number of aromatic nitrogens is 2. The average molecular weight is 298 g/mol. The zero-order chi connectivity index (χ0) is 15.4. The largest absolute Gasteiger partial charge is 0.508 e. The van der Waals surface area contributed by atoms with Crippen molar-refractivity contribution in [2.24, 2.45) is 0 Å². The number of hydrogen-bond acceptors (Lipinski definition) is 5. The van der Waals surface area contributed by atoms with Crippen LogP contribution in [0.25, 0.3) is 0 Å². The van der Waals surface area contributed by atoms with Gasteiger partial charge >= 0.3 is 0 Å². The number of benzene rings is 1. The fourth-order valence-corrected chi connectivity index (χ4v) is 2.91. The minimum Gasteiger partial charge on any atom is -0.508 e. The molecule has 1 aromatic heterocycles. The van der Waals surface area contributed by atoms with E-state index in [2.05, 4.69) is 32.8 Å². The van der Waals surface area contributed by atoms with Gasteiger partial charge in [-0.3, -0.25) is 9.80 Å². The third kappa shape index (κ3) is 3.61. The van der Waals surface area contributed by atoms with Crippen molar-refractivity contribution in [3.8, 4) is 5.75 Å². The summed E-state index contributed by atoms with van der Waals surface area (Å²) in [6.07, 6.45) is 3.61. The van der Waals surface area contributed by atoms with Crippen molar-refractivity contribution in [2.75, 3.05) is 26.2 Å². The monoisotopic (exact) mass is 298 g/mol. The van der Waals surface area contributed by atoms with Gasteiger partial charge in [-0.2, -0.15) is 0 Å². The van der Waals surface area contributed by atoms with Crippen LogP contribution in [0, 0.1) is 0 Å². The Labute approximate surface area is 131 Å². The summed E-state index contributed by atoms with van der Waals surface area (Å²) < 4.78 is 0. The molecule has 0 saturated carbocycles. The van der Waals surface area contributed by atoms with Gasteiger partial charge in [0.2, 0.25) is 0 Å². The predicted octanol–water partition coefficient (Wildman–Crippen LogP) is 2.06. The topological polar surface area (TPSA) is 52.5 Å². The fraction of sp³-hybridized carbons (Fsp3) is 0.412. The van der Waals surface area contributed by atoms with E-state index in [9.17, 15) is 5.11 Å². The number of phenolic OH excluding ortho intramolecular Hbond substituents is 1. The summed E-state index contributed by atoms with van der Waals surface area (Å²) in [6, 6.07) is 9.62. The molecule has 3 rings (SSSR count). The van der Waals surface area contributed by atoms with Crippen LogP contribution >= 0.6 is 0 Å². The van der Waals surface area contributed by atoms with Gasteiger partial charge in [0.25, 0.3) is 0 Å². The highest BCUT2D eigenvalue weighted by Gasteiger charge is 2.23. The van der Waals surface area contributed by atoms with Crippen molar-refractivity contribution < 1.29 is 5.11 Å². The average Bonchev–Trinajstić information content (AvgIpc) is 2.56. The molecule has 2 aromatic rings. The molecule has 0 radical (unpaired) electrons. The summed E-state index contributed by atoms with van der Waals surface area (Å²) in [5.74, 6) is 1.23. The lowest BCUT2D eigenvalue weighted by atomic mass is 10.1. The van der Waals surface area contributed by atoms with E-state index in [1.54, 1.807) is 18.5 Å². The van der Waals surface area contributed by atoms with E-state index >= 15 is 0 Å². The third-order valence-corrected chi connectivity index (χ3v) is 4.23. The number of piperazine rings is 1. The molecule has 116 valence electrons. The first-order chi connectivity index (χ1) is 10.7. The van der Waals surface area contributed by atoms with E-state index in [1.807, 2.05) is 18.2 Å². The van der Waals surface area contributed by atoms with Crippen molar-refractivity contribution in [3.63, 3.8) is 0 Å². The molecule has 1 aromatic carbocycles. The Morgan fingerprint density at radius 1 is 1.09 bits per heavy atom. The molecule has 0 amide bonds. The Balaban J connectivity index is 1.54. The van der Waals surface area contributed by atoms with Gasteiger partial charge in [0.15, 0.2) is 0 Å². The summed E-state index contributed by atoms with van der Waals surface area (Å²) in [7, 11) is 0. The van der Waals surface area contributed by atoms with Gasteiger partial charge in [-0.05, 0) is 30.7 Å². The maximum Gasteiger partial charge on any atom is 0.145 e. The van der Waals surface area contributed by atoms with Crippen LogP contribution in [0.1, 0.15) is 24.4 Å². The summed E-state index contributed by atoms with van der Waals surface area (Å²) in [5.41, 5.74) is 1.16. The lowest BCUT2D eigenvalue weighted by Crippen LogP contribution is -2.46. The van der Waals surface area contributed by atoms with Gasteiger partial charge in [0, 0.05) is 45.1 Å². The quantitative estimate of drug-likeness (QED) is 0.936. The van der Waals surface area contributed by atoms with Crippen molar-refractivity contribution in [1.82, 2.24) is 19.8 Å². The highest BCUT2D eigenvalue weighted by molar-refractivity contribution is 5.27. The normalized spacial score (nSPS) is 18.2. The molecule has 5 heteroatoms. The second kappa shape index (κ2) is 6.85. The second-order valence-corrected chi connectivity index (χ2v) is 5.76. The zero-order valence-electron chi connectivity index (χ0n) is 12.9. The summed E-state index contributed by atoms with van der Waals surface area (Å²) in [4.78, 5) is 13.6. The molecular weight excluding hydrogens is 276 g/mol. The summed E-state index contributed by atoms with van der Waals surface area (Å²) in [6.45, 7) is 7.12. The molecule has 0 spiro atoms. The lowest BCUT2D eigenvalue weighted by Gasteiger charge is -2.37. The first-order valence-electron chi connectivity index (χ1n) is 7.73. The maximum absolute atomic E-state index is 9.54. The predicted molar refractivity (Wildman–Crippen MR) is 85.4 cm³/mol. The number of nitrogens with zero attached hydrogens (tertiary/aromatic N) is 4. The zero-order valence-corrected chi connectivity index (χ0v) is 12.9. The van der Waals surface area contributed by atoms with Gasteiger partial charge in [0.1, 0.15) is 11.6 Å². The van der Waals surface area contributed by atoms with Crippen molar-refractivity contribution in [2.45, 2.75) is 19.5 Å². The number of aromatic hydroxyl groups is 1. The SMILES string of the molecule is CC(c1ncccn1)N1CCN(Cc2cccc(O)c2)CC1. The van der Waals surface area contributed by atoms with Crippen LogP contribution in [0.2, 0.25) is 0 Å². The standard InChI is InChI=1S/C17H22N4O/c1-14(17-18-6-3-7-19-17)21-10-8-20(9-11-21)13-15-4-2-5-16(22)12-15/h2-7,12,14,22H,8-11,13H2,1H3. The molecule has 1 N–H and O–H groups in total. The van der Waals surface area contributed by atoms with Crippen LogP contribution in [0.3, 0.4) is 0 Å². The van der Waals surface area contributed by atoms with E-state index in [0.717, 1.165) is 44.1 Å². The Morgan fingerprint density at radius 3 is 2.50 bits per heavy atom. The minimum absolute atomic E-state index is 0.254. The number of phenols is 1. The van der Waals surface area contributed by atoms with Crippen LogP contribution in [-0.2, 0) is 6.54 Å². The molecule has 5 nitrogen and oxygen atoms in total. The van der Waals surface area contributed by atoms with Crippen molar-refractivity contribution in [1.29, 1.82) is 0 Å². The molecule has 2 heterocycles. The molecule has 1 aliphatic heterocycles. The van der Waals surface area contributed by atoms with Crippen molar-refractivity contribution in [3.05, 3.63) is 54.1 Å². The van der Waals surface area contributed by atoms with E-state index in [1.165, 1.54) is 0 Å². The summed E-state index contributed by atoms with van der Waals surface area (Å²) >= 11 is 0. The molecular formula is C17H22N4O. The summed E-state index contributed by atoms with van der Waals surface area (Å²) in [5, 5.41) is 9.54. The Bertz CT molecular complexity index is 597. The fourth-order valence-electron chi connectivity index (χ4n) is 2.91. The Kier molecular flexibility index (Phi) is 4.65. The van der Waals surface area contributed by atoms with Gasteiger partial charge in [-0.25, -0.2) is 9.97 Å². The van der Waals surface area contributed by atoms with Gasteiger partial charge in [0.05, 0.1) is 6.04 Å². The third-order valence-electron chi connectivity index (χ3n) is 4.23. The van der Waals surface area contributed by atoms with E-state index in [4.69, 9.17) is 0 Å². The highest BCUT2D eigenvalue weighted by Crippen LogP contribution is 2.19. The first kappa shape index (κ1) is 14.9. The van der Waals surface area contributed by atoms with Crippen LogP contribution in [0.4, 0.5) is 0 Å². The van der Waals surface area contributed by atoms with Crippen molar-refractivity contribution >= 4 is 0 Å². The van der Waals surface area contributed by atoms with Gasteiger partial charge in [-0.15, -0.1) is 0 Å². The lowest BCUT2D eigenvalue weighted by molar-refractivity contribution is 0.0947. The maximum atomic E-state index is 9.54. The molecule has 1 atom stereocenters. The molecule has 0 aliphatic carbocycles. The van der Waals surface area contributed by atoms with Crippen LogP contribution in [-0.4, -0.2) is 51.1 Å². The number of rotatable bonds is 4. The minimum atomic E-state index is 0.254. The van der Waals surface area contributed by atoms with E-state index in [-0.39, 0.29) is 6.04 Å². The number of hydrogen-bond donors (Lipinski definition) is 1. The Morgan fingerprint density at radius 2 is 1.82 bits per heavy atom. The molecule has 0 bridgehead atoms. The molecule has 1 fully saturated rings. The molecule has 1 unspecified atom stereocenters. The second-order valence-electron chi connectivity index (χ2n) is 5.76. The molecule has 22 heavy (non-hydrogen) atoms. The first-order valence-corrected chi connectivity index (χ1v) is 7.73.